The Bertz CT molecular complexity index is 970. The van der Waals surface area contributed by atoms with Crippen molar-refractivity contribution in [3.63, 3.8) is 0 Å². The number of fused-ring (bicyclic) bond motifs is 1. The first-order chi connectivity index (χ1) is 11.7. The number of hydrogen-bond donors (Lipinski definition) is 1. The highest BCUT2D eigenvalue weighted by Gasteiger charge is 2.31. The van der Waals surface area contributed by atoms with Crippen molar-refractivity contribution in [3.8, 4) is 0 Å². The van der Waals surface area contributed by atoms with Crippen LogP contribution in [0.15, 0.2) is 29.1 Å². The van der Waals surface area contributed by atoms with E-state index >= 15 is 0 Å². The van der Waals surface area contributed by atoms with E-state index in [4.69, 9.17) is 0 Å². The Kier molecular flexibility index (Phi) is 4.14. The van der Waals surface area contributed by atoms with Crippen molar-refractivity contribution < 1.29 is 13.2 Å². The third kappa shape index (κ3) is 3.42. The lowest BCUT2D eigenvalue weighted by atomic mass is 9.96. The Morgan fingerprint density at radius 2 is 1.84 bits per heavy atom. The van der Waals surface area contributed by atoms with Gasteiger partial charge in [-0.3, -0.25) is 4.79 Å². The molecule has 1 aromatic carbocycles. The summed E-state index contributed by atoms with van der Waals surface area (Å²) >= 11 is 0. The van der Waals surface area contributed by atoms with Gasteiger partial charge >= 0.3 is 6.18 Å². The van der Waals surface area contributed by atoms with Gasteiger partial charge in [-0.25, -0.2) is 9.67 Å². The third-order valence-electron chi connectivity index (χ3n) is 4.06. The molecule has 3 aromatic rings. The van der Waals surface area contributed by atoms with Crippen LogP contribution in [0, 0.1) is 13.8 Å². The SMILES string of the molecule is Cc1ccc(C(C)c2nn(CC(F)(F)F)c3c(=O)[nH]c(C)nc23)cc1. The molecule has 0 aliphatic rings. The maximum atomic E-state index is 12.9. The molecule has 1 N–H and O–H groups in total. The molecule has 8 heteroatoms. The lowest BCUT2D eigenvalue weighted by Crippen LogP contribution is -2.22. The first kappa shape index (κ1) is 17.2. The van der Waals surface area contributed by atoms with E-state index in [1.807, 2.05) is 38.1 Å². The van der Waals surface area contributed by atoms with E-state index in [2.05, 4.69) is 15.1 Å². The smallest absolute Gasteiger partial charge is 0.309 e. The van der Waals surface area contributed by atoms with Crippen molar-refractivity contribution in [2.24, 2.45) is 0 Å². The molecule has 0 aliphatic heterocycles. The largest absolute Gasteiger partial charge is 0.408 e. The van der Waals surface area contributed by atoms with Gasteiger partial charge in [0.1, 0.15) is 17.9 Å². The van der Waals surface area contributed by atoms with E-state index in [9.17, 15) is 18.0 Å². The summed E-state index contributed by atoms with van der Waals surface area (Å²) in [4.78, 5) is 18.9. The van der Waals surface area contributed by atoms with Gasteiger partial charge in [-0.2, -0.15) is 18.3 Å². The Labute approximate surface area is 141 Å². The Balaban J connectivity index is 2.20. The molecule has 0 amide bonds. The molecular formula is C17H17F3N4O. The molecule has 2 heterocycles. The average Bonchev–Trinajstić information content (AvgIpc) is 2.83. The molecule has 0 spiro atoms. The van der Waals surface area contributed by atoms with E-state index in [1.54, 1.807) is 6.92 Å². The van der Waals surface area contributed by atoms with E-state index < -0.39 is 18.3 Å². The quantitative estimate of drug-likeness (QED) is 0.787. The van der Waals surface area contributed by atoms with E-state index in [0.29, 0.717) is 16.2 Å². The van der Waals surface area contributed by atoms with Crippen LogP contribution < -0.4 is 5.56 Å². The minimum Gasteiger partial charge on any atom is -0.309 e. The number of aromatic amines is 1. The minimum absolute atomic E-state index is 0.156. The Morgan fingerprint density at radius 3 is 2.44 bits per heavy atom. The first-order valence-electron chi connectivity index (χ1n) is 7.76. The van der Waals surface area contributed by atoms with Crippen LogP contribution >= 0.6 is 0 Å². The Morgan fingerprint density at radius 1 is 1.20 bits per heavy atom. The number of hydrogen-bond acceptors (Lipinski definition) is 3. The highest BCUT2D eigenvalue weighted by atomic mass is 19.4. The predicted molar refractivity (Wildman–Crippen MR) is 87.6 cm³/mol. The zero-order chi connectivity index (χ0) is 18.4. The van der Waals surface area contributed by atoms with Gasteiger partial charge in [-0.15, -0.1) is 0 Å². The zero-order valence-corrected chi connectivity index (χ0v) is 14.0. The summed E-state index contributed by atoms with van der Waals surface area (Å²) in [5.74, 6) is 0.0349. The monoisotopic (exact) mass is 350 g/mol. The summed E-state index contributed by atoms with van der Waals surface area (Å²) in [5.41, 5.74) is 1.76. The normalized spacial score (nSPS) is 13.4. The number of nitrogens with one attached hydrogen (secondary N) is 1. The number of alkyl halides is 3. The molecule has 0 saturated heterocycles. The molecule has 0 aliphatic carbocycles. The molecule has 2 aromatic heterocycles. The van der Waals surface area contributed by atoms with Crippen LogP contribution in [0.5, 0.6) is 0 Å². The number of halogens is 3. The van der Waals surface area contributed by atoms with Crippen LogP contribution in [-0.4, -0.2) is 25.9 Å². The van der Waals surface area contributed by atoms with Gasteiger partial charge in [-0.1, -0.05) is 36.8 Å². The number of aromatic nitrogens is 4. The highest BCUT2D eigenvalue weighted by Crippen LogP contribution is 2.29. The van der Waals surface area contributed by atoms with Crippen molar-refractivity contribution >= 4 is 11.0 Å². The predicted octanol–water partition coefficient (Wildman–Crippen LogP) is 3.45. The van der Waals surface area contributed by atoms with Crippen molar-refractivity contribution in [1.29, 1.82) is 0 Å². The molecular weight excluding hydrogens is 333 g/mol. The molecule has 0 radical (unpaired) electrons. The molecule has 1 atom stereocenters. The first-order valence-corrected chi connectivity index (χ1v) is 7.76. The van der Waals surface area contributed by atoms with Crippen molar-refractivity contribution in [2.45, 2.75) is 39.4 Å². The van der Waals surface area contributed by atoms with Crippen LogP contribution in [0.2, 0.25) is 0 Å². The number of nitrogens with zero attached hydrogens (tertiary/aromatic N) is 3. The summed E-state index contributed by atoms with van der Waals surface area (Å²) < 4.78 is 39.3. The van der Waals surface area contributed by atoms with Crippen molar-refractivity contribution in [2.75, 3.05) is 0 Å². The summed E-state index contributed by atoms with van der Waals surface area (Å²) in [7, 11) is 0. The lowest BCUT2D eigenvalue weighted by Gasteiger charge is -2.10. The lowest BCUT2D eigenvalue weighted by molar-refractivity contribution is -0.141. The van der Waals surface area contributed by atoms with Gasteiger partial charge in [0.25, 0.3) is 5.56 Å². The molecule has 132 valence electrons. The van der Waals surface area contributed by atoms with Crippen LogP contribution in [0.4, 0.5) is 13.2 Å². The zero-order valence-electron chi connectivity index (χ0n) is 14.0. The minimum atomic E-state index is -4.49. The second-order valence-corrected chi connectivity index (χ2v) is 6.14. The Hall–Kier alpha value is -2.64. The molecule has 25 heavy (non-hydrogen) atoms. The standard InChI is InChI=1S/C17H17F3N4O/c1-9-4-6-12(7-5-9)10(2)13-14-15(16(25)22-11(3)21-14)24(23-13)8-17(18,19)20/h4-7,10H,8H2,1-3H3,(H,21,22,25). The van der Waals surface area contributed by atoms with Crippen molar-refractivity contribution in [1.82, 2.24) is 19.7 Å². The fourth-order valence-electron chi connectivity index (χ4n) is 2.81. The van der Waals surface area contributed by atoms with Gasteiger partial charge in [0.05, 0.1) is 5.69 Å². The number of benzene rings is 1. The summed E-state index contributed by atoms with van der Waals surface area (Å²) in [6.07, 6.45) is -4.49. The topological polar surface area (TPSA) is 63.6 Å². The molecule has 5 nitrogen and oxygen atoms in total. The van der Waals surface area contributed by atoms with Crippen LogP contribution in [0.25, 0.3) is 11.0 Å². The highest BCUT2D eigenvalue weighted by molar-refractivity contribution is 5.77. The van der Waals surface area contributed by atoms with Crippen molar-refractivity contribution in [3.05, 3.63) is 57.3 Å². The third-order valence-corrected chi connectivity index (χ3v) is 4.06. The molecule has 0 saturated carbocycles. The van der Waals surface area contributed by atoms with Crippen LogP contribution in [0.3, 0.4) is 0 Å². The maximum absolute atomic E-state index is 12.9. The van der Waals surface area contributed by atoms with Gasteiger partial charge in [0.15, 0.2) is 5.52 Å². The van der Waals surface area contributed by atoms with Gasteiger partial charge in [0, 0.05) is 5.92 Å². The summed E-state index contributed by atoms with van der Waals surface area (Å²) in [5, 5.41) is 4.09. The fraction of sp³-hybridized carbons (Fsp3) is 0.353. The van der Waals surface area contributed by atoms with E-state index in [1.165, 1.54) is 0 Å². The maximum Gasteiger partial charge on any atom is 0.408 e. The van der Waals surface area contributed by atoms with Crippen LogP contribution in [-0.2, 0) is 6.54 Å². The van der Waals surface area contributed by atoms with Gasteiger partial charge in [0.2, 0.25) is 0 Å². The van der Waals surface area contributed by atoms with E-state index in [-0.39, 0.29) is 17.0 Å². The fourth-order valence-corrected chi connectivity index (χ4v) is 2.81. The molecule has 0 bridgehead atoms. The number of aryl methyl sites for hydroxylation is 2. The second kappa shape index (κ2) is 6.02. The second-order valence-electron chi connectivity index (χ2n) is 6.14. The average molecular weight is 350 g/mol. The van der Waals surface area contributed by atoms with Crippen LogP contribution in [0.1, 0.15) is 35.5 Å². The van der Waals surface area contributed by atoms with Gasteiger partial charge < -0.3 is 4.98 Å². The molecule has 3 rings (SSSR count). The summed E-state index contributed by atoms with van der Waals surface area (Å²) in [6.45, 7) is 4.04. The number of H-pyrrole nitrogens is 1. The molecule has 1 unspecified atom stereocenters. The van der Waals surface area contributed by atoms with Gasteiger partial charge in [-0.05, 0) is 19.4 Å². The number of rotatable bonds is 3. The molecule has 0 fully saturated rings. The summed E-state index contributed by atoms with van der Waals surface area (Å²) in [6, 6.07) is 7.64. The van der Waals surface area contributed by atoms with E-state index in [0.717, 1.165) is 11.1 Å².